The molecular formula is C25H27N3O4. The molecule has 0 unspecified atom stereocenters. The number of hydrogen-bond acceptors (Lipinski definition) is 6. The highest BCUT2D eigenvalue weighted by Gasteiger charge is 2.32. The van der Waals surface area contributed by atoms with Gasteiger partial charge in [-0.1, -0.05) is 24.3 Å². The molecule has 0 amide bonds. The van der Waals surface area contributed by atoms with Crippen LogP contribution in [0.4, 0.5) is 5.69 Å². The van der Waals surface area contributed by atoms with Crippen molar-refractivity contribution in [2.24, 2.45) is 0 Å². The molecule has 1 aromatic heterocycles. The van der Waals surface area contributed by atoms with E-state index >= 15 is 0 Å². The van der Waals surface area contributed by atoms with Gasteiger partial charge in [0.05, 0.1) is 19.9 Å². The lowest BCUT2D eigenvalue weighted by atomic mass is 9.96. The van der Waals surface area contributed by atoms with Crippen LogP contribution in [0.1, 0.15) is 46.7 Å². The number of aromatic nitrogens is 2. The first kappa shape index (κ1) is 21.6. The van der Waals surface area contributed by atoms with E-state index in [4.69, 9.17) is 14.6 Å². The van der Waals surface area contributed by atoms with Gasteiger partial charge in [-0.3, -0.25) is 0 Å². The molecule has 0 aliphatic carbocycles. The Bertz CT molecular complexity index is 1150. The molecule has 32 heavy (non-hydrogen) atoms. The maximum atomic E-state index is 12.8. The topological polar surface area (TPSA) is 73.7 Å². The van der Waals surface area contributed by atoms with Crippen molar-refractivity contribution in [1.29, 1.82) is 0 Å². The molecule has 0 saturated carbocycles. The minimum Gasteiger partial charge on any atom is -0.465 e. The quantitative estimate of drug-likeness (QED) is 0.560. The second-order valence-corrected chi connectivity index (χ2v) is 8.04. The Hall–Kier alpha value is -3.61. The van der Waals surface area contributed by atoms with Crippen LogP contribution in [0.5, 0.6) is 0 Å². The minimum absolute atomic E-state index is 0.0436. The number of nitrogens with zero attached hydrogens (tertiary/aromatic N) is 3. The fourth-order valence-electron chi connectivity index (χ4n) is 4.27. The van der Waals surface area contributed by atoms with E-state index in [0.29, 0.717) is 17.4 Å². The van der Waals surface area contributed by atoms with Crippen LogP contribution < -0.4 is 4.90 Å². The van der Waals surface area contributed by atoms with Crippen molar-refractivity contribution in [3.8, 4) is 16.9 Å². The fourth-order valence-corrected chi connectivity index (χ4v) is 4.27. The molecule has 0 radical (unpaired) electrons. The summed E-state index contributed by atoms with van der Waals surface area (Å²) >= 11 is 0. The smallest absolute Gasteiger partial charge is 0.357 e. The second-order valence-electron chi connectivity index (χ2n) is 8.04. The highest BCUT2D eigenvalue weighted by Crippen LogP contribution is 2.35. The number of carbonyl (C=O) groups is 2. The van der Waals surface area contributed by atoms with Crippen LogP contribution in [0.25, 0.3) is 16.9 Å². The number of benzene rings is 2. The molecule has 7 heteroatoms. The van der Waals surface area contributed by atoms with E-state index in [2.05, 4.69) is 30.9 Å². The average Bonchev–Trinajstić information content (AvgIpc) is 3.23. The summed E-state index contributed by atoms with van der Waals surface area (Å²) < 4.78 is 11.5. The van der Waals surface area contributed by atoms with Crippen LogP contribution in [0, 0.1) is 0 Å². The lowest BCUT2D eigenvalue weighted by Gasteiger charge is -2.34. The number of ether oxygens (including phenoxy) is 2. The van der Waals surface area contributed by atoms with Gasteiger partial charge in [0.2, 0.25) is 0 Å². The SMILES string of the molecule is COC(=O)c1c(-c2ccc3c(c2)CCCN3C(C)C)nn(-c2ccccc2)c1C(=O)OC. The van der Waals surface area contributed by atoms with Crippen LogP contribution in [-0.4, -0.2) is 48.5 Å². The highest BCUT2D eigenvalue weighted by atomic mass is 16.5. The van der Waals surface area contributed by atoms with Crippen LogP contribution in [0.3, 0.4) is 0 Å². The number of hydrogen-bond donors (Lipinski definition) is 0. The summed E-state index contributed by atoms with van der Waals surface area (Å²) in [5.74, 6) is -1.29. The molecule has 4 rings (SSSR count). The molecule has 2 aromatic carbocycles. The first-order chi connectivity index (χ1) is 15.5. The summed E-state index contributed by atoms with van der Waals surface area (Å²) in [6, 6.07) is 15.7. The normalized spacial score (nSPS) is 13.1. The number of methoxy groups -OCH3 is 2. The molecule has 166 valence electrons. The van der Waals surface area contributed by atoms with Crippen molar-refractivity contribution in [3.05, 3.63) is 65.4 Å². The molecule has 3 aromatic rings. The van der Waals surface area contributed by atoms with E-state index in [1.54, 1.807) is 0 Å². The van der Waals surface area contributed by atoms with E-state index < -0.39 is 11.9 Å². The number of anilines is 1. The summed E-state index contributed by atoms with van der Waals surface area (Å²) in [5, 5.41) is 4.69. The monoisotopic (exact) mass is 433 g/mol. The van der Waals surface area contributed by atoms with E-state index in [1.807, 2.05) is 36.4 Å². The number of carbonyl (C=O) groups excluding carboxylic acids is 2. The van der Waals surface area contributed by atoms with Gasteiger partial charge < -0.3 is 14.4 Å². The summed E-state index contributed by atoms with van der Waals surface area (Å²) in [6.07, 6.45) is 2.01. The third-order valence-electron chi connectivity index (χ3n) is 5.79. The molecule has 1 aliphatic rings. The Kier molecular flexibility index (Phi) is 5.99. The van der Waals surface area contributed by atoms with Crippen molar-refractivity contribution in [2.75, 3.05) is 25.7 Å². The van der Waals surface area contributed by atoms with Crippen LogP contribution in [0.2, 0.25) is 0 Å². The van der Waals surface area contributed by atoms with Gasteiger partial charge in [-0.25, -0.2) is 14.3 Å². The molecule has 0 atom stereocenters. The largest absolute Gasteiger partial charge is 0.465 e. The molecule has 7 nitrogen and oxygen atoms in total. The Balaban J connectivity index is 1.94. The Morgan fingerprint density at radius 2 is 1.72 bits per heavy atom. The van der Waals surface area contributed by atoms with E-state index in [-0.39, 0.29) is 11.3 Å². The molecule has 0 fully saturated rings. The molecular weight excluding hydrogens is 406 g/mol. The predicted octanol–water partition coefficient (Wildman–Crippen LogP) is 4.27. The van der Waals surface area contributed by atoms with Crippen LogP contribution in [-0.2, 0) is 15.9 Å². The molecule has 2 heterocycles. The fraction of sp³-hybridized carbons (Fsp3) is 0.320. The van der Waals surface area contributed by atoms with Crippen molar-refractivity contribution < 1.29 is 19.1 Å². The lowest BCUT2D eigenvalue weighted by Crippen LogP contribution is -2.35. The van der Waals surface area contributed by atoms with Crippen LogP contribution in [0.15, 0.2) is 48.5 Å². The third-order valence-corrected chi connectivity index (χ3v) is 5.79. The van der Waals surface area contributed by atoms with Crippen molar-refractivity contribution in [3.63, 3.8) is 0 Å². The zero-order valence-electron chi connectivity index (χ0n) is 18.8. The Labute approximate surface area is 187 Å². The number of fused-ring (bicyclic) bond motifs is 1. The number of para-hydroxylation sites is 1. The maximum absolute atomic E-state index is 12.8. The van der Waals surface area contributed by atoms with Gasteiger partial charge in [0.1, 0.15) is 11.3 Å². The molecule has 0 N–H and O–H groups in total. The molecule has 1 aliphatic heterocycles. The number of esters is 2. The standard InChI is InChI=1S/C25H27N3O4/c1-16(2)27-14-8-9-17-15-18(12-13-20(17)27)22-21(24(29)31-3)23(25(30)32-4)28(26-22)19-10-6-5-7-11-19/h5-7,10-13,15-16H,8-9,14H2,1-4H3. The first-order valence-corrected chi connectivity index (χ1v) is 10.7. The second kappa shape index (κ2) is 8.86. The van der Waals surface area contributed by atoms with Gasteiger partial charge in [0, 0.05) is 23.8 Å². The van der Waals surface area contributed by atoms with Gasteiger partial charge in [0.25, 0.3) is 0 Å². The summed E-state index contributed by atoms with van der Waals surface area (Å²) in [5.41, 5.74) is 4.34. The van der Waals surface area contributed by atoms with E-state index in [9.17, 15) is 9.59 Å². The maximum Gasteiger partial charge on any atom is 0.357 e. The number of rotatable bonds is 5. The first-order valence-electron chi connectivity index (χ1n) is 10.7. The molecule has 0 spiro atoms. The Morgan fingerprint density at radius 3 is 2.38 bits per heavy atom. The summed E-state index contributed by atoms with van der Waals surface area (Å²) in [7, 11) is 2.57. The third kappa shape index (κ3) is 3.75. The van der Waals surface area contributed by atoms with Crippen molar-refractivity contribution >= 4 is 17.6 Å². The molecule has 0 bridgehead atoms. The molecule has 0 saturated heterocycles. The zero-order chi connectivity index (χ0) is 22.8. The van der Waals surface area contributed by atoms with Gasteiger partial charge in [-0.15, -0.1) is 0 Å². The Morgan fingerprint density at radius 1 is 1.00 bits per heavy atom. The number of aryl methyl sites for hydroxylation is 1. The van der Waals surface area contributed by atoms with E-state index in [0.717, 1.165) is 24.9 Å². The van der Waals surface area contributed by atoms with Crippen molar-refractivity contribution in [2.45, 2.75) is 32.7 Å². The van der Waals surface area contributed by atoms with Gasteiger partial charge in [0.15, 0.2) is 5.69 Å². The average molecular weight is 434 g/mol. The van der Waals surface area contributed by atoms with Crippen LogP contribution >= 0.6 is 0 Å². The lowest BCUT2D eigenvalue weighted by molar-refractivity contribution is 0.0549. The highest BCUT2D eigenvalue weighted by molar-refractivity contribution is 6.07. The van der Waals surface area contributed by atoms with Gasteiger partial charge in [-0.2, -0.15) is 5.10 Å². The summed E-state index contributed by atoms with van der Waals surface area (Å²) in [4.78, 5) is 28.0. The van der Waals surface area contributed by atoms with Gasteiger partial charge in [-0.05, 0) is 56.5 Å². The minimum atomic E-state index is -0.656. The van der Waals surface area contributed by atoms with Crippen molar-refractivity contribution in [1.82, 2.24) is 9.78 Å². The van der Waals surface area contributed by atoms with E-state index in [1.165, 1.54) is 30.2 Å². The summed E-state index contributed by atoms with van der Waals surface area (Å²) in [6.45, 7) is 5.39. The van der Waals surface area contributed by atoms with Gasteiger partial charge >= 0.3 is 11.9 Å². The zero-order valence-corrected chi connectivity index (χ0v) is 18.8. The predicted molar refractivity (Wildman–Crippen MR) is 122 cm³/mol.